The zero-order chi connectivity index (χ0) is 27.0. The topological polar surface area (TPSA) is 18.5 Å². The lowest BCUT2D eigenvalue weighted by atomic mass is 10.5. The van der Waals surface area contributed by atoms with E-state index < -0.39 is 0 Å². The summed E-state index contributed by atoms with van der Waals surface area (Å²) >= 11 is 31.9. The molecule has 3 aromatic rings. The van der Waals surface area contributed by atoms with Crippen molar-refractivity contribution in [3.63, 3.8) is 0 Å². The van der Waals surface area contributed by atoms with Crippen LogP contribution < -0.4 is 9.47 Å². The summed E-state index contributed by atoms with van der Waals surface area (Å²) in [6.07, 6.45) is 4.29. The Hall–Kier alpha value is 2.20. The summed E-state index contributed by atoms with van der Waals surface area (Å²) in [6, 6.07) is 0. The van der Waals surface area contributed by atoms with E-state index in [9.17, 15) is 0 Å². The van der Waals surface area contributed by atoms with Gasteiger partial charge >= 0.3 is 0 Å². The lowest BCUT2D eigenvalue weighted by Gasteiger charge is -2.00. The standard InChI is InChI=1S/C8H12S5.C6H8O2S.C6H8S5.CH4S2/c1-9-5-12-7-3-11-4-8(7)13-6-10-2;1-7-5-3-9-4-6(5)8-2;7-3-10-5-1-9-2-6(5)11-4-8;2-1-3/h3-4H,5-6H2,1-2H3;3-4H,1-2H3;1-2,7-8H,3-4H2;2-3H,1H2. The van der Waals surface area contributed by atoms with E-state index in [-0.39, 0.29) is 0 Å². The Kier molecular flexibility index (Phi) is 29.0. The molecule has 3 aromatic heterocycles. The number of hydrogen-bond acceptors (Lipinski definition) is 15. The molecule has 0 fully saturated rings. The van der Waals surface area contributed by atoms with Gasteiger partial charge in [-0.15, -0.1) is 58.4 Å². The number of thiol groups is 4. The maximum Gasteiger partial charge on any atom is 0.171 e. The molecule has 0 radical (unpaired) electrons. The summed E-state index contributed by atoms with van der Waals surface area (Å²) in [5, 5.41) is 17.3. The predicted octanol–water partition coefficient (Wildman–Crippen LogP) is 10.8. The first-order valence-corrected chi connectivity index (χ1v) is 21.8. The number of thiophene rings is 3. The molecule has 0 aromatic carbocycles. The molecule has 3 heterocycles. The Labute approximate surface area is 276 Å². The van der Waals surface area contributed by atoms with Crippen molar-refractivity contribution in [1.82, 2.24) is 0 Å². The minimum absolute atomic E-state index is 0.639. The highest BCUT2D eigenvalue weighted by atomic mass is 32.2. The van der Waals surface area contributed by atoms with Gasteiger partial charge in [0.15, 0.2) is 11.5 Å². The predicted molar refractivity (Wildman–Crippen MR) is 197 cm³/mol. The summed E-state index contributed by atoms with van der Waals surface area (Å²) < 4.78 is 9.92. The zero-order valence-corrected chi connectivity index (χ0v) is 31.2. The first kappa shape index (κ1) is 38.2. The second-order valence-corrected chi connectivity index (χ2v) is 16.9. The molecule has 0 aliphatic heterocycles. The van der Waals surface area contributed by atoms with E-state index >= 15 is 0 Å². The van der Waals surface area contributed by atoms with Gasteiger partial charge in [0.1, 0.15) is 0 Å². The van der Waals surface area contributed by atoms with Gasteiger partial charge in [-0.2, -0.15) is 96.7 Å². The molecule has 0 saturated carbocycles. The minimum atomic E-state index is 0.639. The van der Waals surface area contributed by atoms with E-state index in [2.05, 4.69) is 84.5 Å². The number of thioether (sulfide) groups is 6. The van der Waals surface area contributed by atoms with Crippen LogP contribution in [0.25, 0.3) is 0 Å². The van der Waals surface area contributed by atoms with Crippen LogP contribution in [0.4, 0.5) is 0 Å². The van der Waals surface area contributed by atoms with Crippen LogP contribution in [-0.4, -0.2) is 52.2 Å². The van der Waals surface area contributed by atoms with Crippen molar-refractivity contribution in [2.45, 2.75) is 19.6 Å². The molecule has 36 heavy (non-hydrogen) atoms. The molecule has 2 nitrogen and oxygen atoms in total. The molecule has 0 unspecified atom stereocenters. The summed E-state index contributed by atoms with van der Waals surface area (Å²) in [7, 11) is 3.26. The molecule has 0 bridgehead atoms. The van der Waals surface area contributed by atoms with Crippen LogP contribution in [0.5, 0.6) is 11.5 Å². The highest BCUT2D eigenvalue weighted by Crippen LogP contribution is 2.36. The third-order valence-corrected chi connectivity index (χ3v) is 12.8. The number of methoxy groups -OCH3 is 2. The van der Waals surface area contributed by atoms with E-state index in [0.717, 1.165) is 31.8 Å². The van der Waals surface area contributed by atoms with Crippen LogP contribution in [0.3, 0.4) is 0 Å². The Morgan fingerprint density at radius 1 is 0.583 bits per heavy atom. The fourth-order valence-corrected chi connectivity index (χ4v) is 10.4. The van der Waals surface area contributed by atoms with Crippen molar-refractivity contribution in [3.05, 3.63) is 32.3 Å². The fourth-order valence-electron chi connectivity index (χ4n) is 1.92. The average molecular weight is 733 g/mol. The maximum atomic E-state index is 4.96. The zero-order valence-electron chi connectivity index (χ0n) is 20.3. The van der Waals surface area contributed by atoms with E-state index in [0.29, 0.717) is 5.08 Å². The second kappa shape index (κ2) is 27.4. The molecule has 0 spiro atoms. The average Bonchev–Trinajstić information content (AvgIpc) is 3.64. The van der Waals surface area contributed by atoms with E-state index in [1.807, 2.05) is 57.8 Å². The first-order valence-electron chi connectivity index (χ1n) is 9.75. The molecule has 0 aliphatic carbocycles. The summed E-state index contributed by atoms with van der Waals surface area (Å²) in [5.74, 6) is 1.62. The van der Waals surface area contributed by atoms with Crippen LogP contribution in [0.2, 0.25) is 0 Å². The Morgan fingerprint density at radius 3 is 1.17 bits per heavy atom. The smallest absolute Gasteiger partial charge is 0.171 e. The van der Waals surface area contributed by atoms with Crippen molar-refractivity contribution in [1.29, 1.82) is 0 Å². The van der Waals surface area contributed by atoms with Crippen molar-refractivity contribution >= 4 is 155 Å². The Balaban J connectivity index is 0.000000490. The lowest BCUT2D eigenvalue weighted by Crippen LogP contribution is -1.84. The molecule has 0 saturated heterocycles. The number of ether oxygens (including phenoxy) is 2. The number of hydrogen-bond donors (Lipinski definition) is 4. The first-order chi connectivity index (χ1) is 17.6. The van der Waals surface area contributed by atoms with Crippen molar-refractivity contribution in [2.75, 3.05) is 52.2 Å². The SMILES string of the molecule is COc1cscc1OC.CSCSc1cscc1SCSC.SCS.SCSc1cscc1SCS. The van der Waals surface area contributed by atoms with Crippen LogP contribution in [-0.2, 0) is 0 Å². The largest absolute Gasteiger partial charge is 0.492 e. The van der Waals surface area contributed by atoms with Crippen molar-refractivity contribution < 1.29 is 9.47 Å². The van der Waals surface area contributed by atoms with Gasteiger partial charge in [0.2, 0.25) is 0 Å². The highest BCUT2D eigenvalue weighted by Gasteiger charge is 2.04. The third-order valence-electron chi connectivity index (χ3n) is 3.32. The molecule has 206 valence electrons. The van der Waals surface area contributed by atoms with Crippen molar-refractivity contribution in [2.24, 2.45) is 0 Å². The van der Waals surface area contributed by atoms with Gasteiger partial charge in [-0.3, -0.25) is 0 Å². The molecular weight excluding hydrogens is 701 g/mol. The molecule has 3 rings (SSSR count). The van der Waals surface area contributed by atoms with Crippen LogP contribution >= 0.6 is 155 Å². The van der Waals surface area contributed by atoms with E-state index in [1.54, 1.807) is 71.8 Å². The molecular formula is C21H32O2S13. The Morgan fingerprint density at radius 2 is 0.889 bits per heavy atom. The Bertz CT molecular complexity index is 804. The van der Waals surface area contributed by atoms with E-state index in [4.69, 9.17) is 9.47 Å². The summed E-state index contributed by atoms with van der Waals surface area (Å²) in [4.78, 5) is 5.59. The third kappa shape index (κ3) is 17.8. The fraction of sp³-hybridized carbons (Fsp3) is 0.429. The van der Waals surface area contributed by atoms with E-state index in [1.165, 1.54) is 19.6 Å². The van der Waals surface area contributed by atoms with Gasteiger partial charge in [0.25, 0.3) is 0 Å². The van der Waals surface area contributed by atoms with Crippen molar-refractivity contribution in [3.8, 4) is 11.5 Å². The van der Waals surface area contributed by atoms with Crippen LogP contribution in [0.15, 0.2) is 51.9 Å². The molecule has 0 aliphatic rings. The highest BCUT2D eigenvalue weighted by molar-refractivity contribution is 8.17. The molecule has 0 N–H and O–H groups in total. The minimum Gasteiger partial charge on any atom is -0.492 e. The van der Waals surface area contributed by atoms with Gasteiger partial charge in [0.05, 0.1) is 14.2 Å². The summed E-state index contributed by atoms with van der Waals surface area (Å²) in [6.45, 7) is 0. The van der Waals surface area contributed by atoms with Gasteiger partial charge in [-0.05, 0) is 12.5 Å². The number of rotatable bonds is 12. The second-order valence-electron chi connectivity index (χ2n) is 5.50. The van der Waals surface area contributed by atoms with Crippen LogP contribution in [0.1, 0.15) is 0 Å². The monoisotopic (exact) mass is 732 g/mol. The van der Waals surface area contributed by atoms with Crippen LogP contribution in [0, 0.1) is 0 Å². The van der Waals surface area contributed by atoms with Gasteiger partial charge < -0.3 is 9.47 Å². The lowest BCUT2D eigenvalue weighted by molar-refractivity contribution is 0.358. The van der Waals surface area contributed by atoms with Gasteiger partial charge in [-0.1, -0.05) is 0 Å². The molecule has 0 atom stereocenters. The van der Waals surface area contributed by atoms with Gasteiger partial charge in [-0.25, -0.2) is 0 Å². The quantitative estimate of drug-likeness (QED) is 0.0827. The normalized spacial score (nSPS) is 9.78. The maximum absolute atomic E-state index is 4.96. The van der Waals surface area contributed by atoms with Gasteiger partial charge in [0, 0.05) is 77.3 Å². The molecule has 0 amide bonds. The summed E-state index contributed by atoms with van der Waals surface area (Å²) in [5.41, 5.74) is 0. The molecule has 15 heteroatoms.